The van der Waals surface area contributed by atoms with E-state index in [1.807, 2.05) is 20.8 Å². The third-order valence-electron chi connectivity index (χ3n) is 3.15. The maximum Gasteiger partial charge on any atom is 0.293 e. The fourth-order valence-corrected chi connectivity index (χ4v) is 2.29. The Morgan fingerprint density at radius 1 is 1.42 bits per heavy atom. The quantitative estimate of drug-likeness (QED) is 0.826. The van der Waals surface area contributed by atoms with Gasteiger partial charge in [-0.15, -0.1) is 0 Å². The van der Waals surface area contributed by atoms with Gasteiger partial charge in [0.15, 0.2) is 5.82 Å². The van der Waals surface area contributed by atoms with Crippen molar-refractivity contribution in [3.63, 3.8) is 0 Å². The maximum atomic E-state index is 12.3. The minimum Gasteiger partial charge on any atom is -0.359 e. The molecule has 5 nitrogen and oxygen atoms in total. The Balaban J connectivity index is 3.05. The highest BCUT2D eigenvalue weighted by molar-refractivity contribution is 5.35. The number of nitrogens with one attached hydrogen (secondary N) is 1. The summed E-state index contributed by atoms with van der Waals surface area (Å²) in [6.07, 6.45) is 4.25. The molecule has 19 heavy (non-hydrogen) atoms. The van der Waals surface area contributed by atoms with Crippen molar-refractivity contribution < 1.29 is 0 Å². The van der Waals surface area contributed by atoms with E-state index in [2.05, 4.69) is 24.1 Å². The van der Waals surface area contributed by atoms with Crippen molar-refractivity contribution in [3.8, 4) is 0 Å². The molecular formula is C14H26N4O. The Bertz CT molecular complexity index is 467. The number of hydrogen-bond acceptors (Lipinski definition) is 4. The van der Waals surface area contributed by atoms with E-state index in [1.54, 1.807) is 17.0 Å². The summed E-state index contributed by atoms with van der Waals surface area (Å²) in [6, 6.07) is 0.116. The van der Waals surface area contributed by atoms with E-state index < -0.39 is 0 Å². The smallest absolute Gasteiger partial charge is 0.293 e. The largest absolute Gasteiger partial charge is 0.359 e. The van der Waals surface area contributed by atoms with Gasteiger partial charge in [-0.2, -0.15) is 0 Å². The molecule has 1 aromatic rings. The maximum absolute atomic E-state index is 12.3. The molecule has 1 heterocycles. The number of aromatic nitrogens is 2. The van der Waals surface area contributed by atoms with Crippen LogP contribution in [-0.4, -0.2) is 21.6 Å². The monoisotopic (exact) mass is 266 g/mol. The summed E-state index contributed by atoms with van der Waals surface area (Å²) in [4.78, 5) is 16.4. The summed E-state index contributed by atoms with van der Waals surface area (Å²) in [5, 5.41) is 3.23. The van der Waals surface area contributed by atoms with E-state index >= 15 is 0 Å². The van der Waals surface area contributed by atoms with Gasteiger partial charge in [-0.05, 0) is 33.1 Å². The molecule has 1 atom stereocenters. The third kappa shape index (κ3) is 4.06. The van der Waals surface area contributed by atoms with Crippen molar-refractivity contribution in [2.45, 2.75) is 52.6 Å². The van der Waals surface area contributed by atoms with Crippen molar-refractivity contribution in [1.29, 1.82) is 0 Å². The fraction of sp³-hybridized carbons (Fsp3) is 0.714. The second-order valence-electron chi connectivity index (χ2n) is 6.07. The molecule has 3 N–H and O–H groups in total. The fourth-order valence-electron chi connectivity index (χ4n) is 2.29. The van der Waals surface area contributed by atoms with Crippen LogP contribution in [0.15, 0.2) is 17.2 Å². The standard InChI is InChI=1S/C14H26N4O/c1-10(2)8-14(5,9-15)17-12-13(19)18(11(3)4)7-6-16-12/h6-7,10-11H,8-9,15H2,1-5H3,(H,16,17). The number of rotatable bonds is 6. The van der Waals surface area contributed by atoms with Crippen LogP contribution in [0.2, 0.25) is 0 Å². The lowest BCUT2D eigenvalue weighted by Crippen LogP contribution is -2.45. The van der Waals surface area contributed by atoms with Gasteiger partial charge >= 0.3 is 0 Å². The normalized spacial score (nSPS) is 14.7. The van der Waals surface area contributed by atoms with Crippen LogP contribution in [0.3, 0.4) is 0 Å². The van der Waals surface area contributed by atoms with E-state index in [-0.39, 0.29) is 17.1 Å². The molecule has 5 heteroatoms. The predicted octanol–water partition coefficient (Wildman–Crippen LogP) is 2.00. The third-order valence-corrected chi connectivity index (χ3v) is 3.15. The van der Waals surface area contributed by atoms with Gasteiger partial charge in [-0.25, -0.2) is 4.98 Å². The van der Waals surface area contributed by atoms with Gasteiger partial charge in [0.1, 0.15) is 0 Å². The van der Waals surface area contributed by atoms with Crippen molar-refractivity contribution in [2.75, 3.05) is 11.9 Å². The first-order valence-corrected chi connectivity index (χ1v) is 6.84. The van der Waals surface area contributed by atoms with Crippen LogP contribution in [-0.2, 0) is 0 Å². The molecule has 0 radical (unpaired) electrons. The van der Waals surface area contributed by atoms with Crippen molar-refractivity contribution >= 4 is 5.82 Å². The Hall–Kier alpha value is -1.36. The lowest BCUT2D eigenvalue weighted by molar-refractivity contribution is 0.404. The highest BCUT2D eigenvalue weighted by atomic mass is 16.1. The zero-order chi connectivity index (χ0) is 14.6. The van der Waals surface area contributed by atoms with Crippen molar-refractivity contribution in [1.82, 2.24) is 9.55 Å². The second kappa shape index (κ2) is 6.19. The van der Waals surface area contributed by atoms with E-state index in [0.29, 0.717) is 18.3 Å². The van der Waals surface area contributed by atoms with E-state index in [1.165, 1.54) is 0 Å². The van der Waals surface area contributed by atoms with Crippen LogP contribution in [0.25, 0.3) is 0 Å². The predicted molar refractivity (Wildman–Crippen MR) is 79.4 cm³/mol. The molecule has 1 rings (SSSR count). The van der Waals surface area contributed by atoms with E-state index in [9.17, 15) is 4.79 Å². The summed E-state index contributed by atoms with van der Waals surface area (Å²) in [7, 11) is 0. The summed E-state index contributed by atoms with van der Waals surface area (Å²) in [5.41, 5.74) is 5.45. The molecule has 0 saturated heterocycles. The van der Waals surface area contributed by atoms with Gasteiger partial charge in [0, 0.05) is 30.5 Å². The molecule has 1 aromatic heterocycles. The number of hydrogen-bond donors (Lipinski definition) is 2. The van der Waals surface area contributed by atoms with Gasteiger partial charge in [-0.3, -0.25) is 4.79 Å². The summed E-state index contributed by atoms with van der Waals surface area (Å²) in [5.74, 6) is 0.877. The minimum atomic E-state index is -0.309. The van der Waals surface area contributed by atoms with Gasteiger partial charge in [0.05, 0.1) is 0 Å². The van der Waals surface area contributed by atoms with Gasteiger partial charge < -0.3 is 15.6 Å². The molecule has 0 amide bonds. The van der Waals surface area contributed by atoms with Crippen LogP contribution in [0.4, 0.5) is 5.82 Å². The molecule has 0 fully saturated rings. The van der Waals surface area contributed by atoms with Gasteiger partial charge in [-0.1, -0.05) is 13.8 Å². The lowest BCUT2D eigenvalue weighted by atomic mass is 9.91. The van der Waals surface area contributed by atoms with Crippen molar-refractivity contribution in [3.05, 3.63) is 22.7 Å². The number of anilines is 1. The Kier molecular flexibility index (Phi) is 5.11. The molecule has 0 aliphatic heterocycles. The molecule has 0 aliphatic rings. The molecule has 0 aromatic carbocycles. The molecule has 1 unspecified atom stereocenters. The summed E-state index contributed by atoms with van der Waals surface area (Å²) >= 11 is 0. The Morgan fingerprint density at radius 2 is 2.05 bits per heavy atom. The zero-order valence-electron chi connectivity index (χ0n) is 12.6. The average Bonchev–Trinajstić information content (AvgIpc) is 2.30. The van der Waals surface area contributed by atoms with Crippen LogP contribution in [0, 0.1) is 5.92 Å². The lowest BCUT2D eigenvalue weighted by Gasteiger charge is -2.31. The summed E-state index contributed by atoms with van der Waals surface area (Å²) in [6.45, 7) is 10.7. The first kappa shape index (κ1) is 15.7. The highest BCUT2D eigenvalue weighted by Gasteiger charge is 2.25. The molecule has 0 saturated carbocycles. The molecule has 0 spiro atoms. The first-order chi connectivity index (χ1) is 8.79. The minimum absolute atomic E-state index is 0.0964. The SMILES string of the molecule is CC(C)CC(C)(CN)Nc1nccn(C(C)C)c1=O. The average molecular weight is 266 g/mol. The van der Waals surface area contributed by atoms with Gasteiger partial charge in [0.2, 0.25) is 0 Å². The molecule has 0 bridgehead atoms. The summed E-state index contributed by atoms with van der Waals surface area (Å²) < 4.78 is 1.67. The van der Waals surface area contributed by atoms with Gasteiger partial charge in [0.25, 0.3) is 5.56 Å². The molecular weight excluding hydrogens is 240 g/mol. The number of nitrogens with two attached hydrogens (primary N) is 1. The molecule has 0 aliphatic carbocycles. The van der Waals surface area contributed by atoms with E-state index in [4.69, 9.17) is 5.73 Å². The Labute approximate surface area is 115 Å². The molecule has 108 valence electrons. The van der Waals surface area contributed by atoms with E-state index in [0.717, 1.165) is 6.42 Å². The zero-order valence-corrected chi connectivity index (χ0v) is 12.6. The van der Waals surface area contributed by atoms with Crippen LogP contribution in [0.5, 0.6) is 0 Å². The first-order valence-electron chi connectivity index (χ1n) is 6.84. The Morgan fingerprint density at radius 3 is 2.53 bits per heavy atom. The van der Waals surface area contributed by atoms with Crippen LogP contribution in [0.1, 0.15) is 47.1 Å². The highest BCUT2D eigenvalue weighted by Crippen LogP contribution is 2.19. The van der Waals surface area contributed by atoms with Crippen molar-refractivity contribution in [2.24, 2.45) is 11.7 Å². The van der Waals surface area contributed by atoms with Crippen LogP contribution >= 0.6 is 0 Å². The topological polar surface area (TPSA) is 72.9 Å². The second-order valence-corrected chi connectivity index (χ2v) is 6.07. The number of nitrogens with zero attached hydrogens (tertiary/aromatic N) is 2. The van der Waals surface area contributed by atoms with Crippen LogP contribution < -0.4 is 16.6 Å².